The second-order valence-corrected chi connectivity index (χ2v) is 8.23. The Morgan fingerprint density at radius 2 is 2.00 bits per heavy atom. The monoisotopic (exact) mass is 425 g/mol. The van der Waals surface area contributed by atoms with Crippen molar-refractivity contribution in [2.75, 3.05) is 19.6 Å². The number of H-pyrrole nitrogens is 1. The minimum Gasteiger partial charge on any atom is -0.386 e. The van der Waals surface area contributed by atoms with Crippen LogP contribution in [0, 0.1) is 0 Å². The van der Waals surface area contributed by atoms with Crippen LogP contribution >= 0.6 is 0 Å². The van der Waals surface area contributed by atoms with E-state index >= 15 is 0 Å². The lowest BCUT2D eigenvalue weighted by Crippen LogP contribution is -2.63. The summed E-state index contributed by atoms with van der Waals surface area (Å²) in [7, 11) is 0. The molecule has 10 heteroatoms. The maximum absolute atomic E-state index is 12.5. The standard InChI is InChI=1S/C18H21N7O3.C3H6/c1-3-25-8-11(4-22-25)13-6-20-16-15(23-13)12(5-19-16)17(27)21-7-14(26)24-9-18(2,28)10-24;1-2-3-1/h4-6,8,28H,3,7,9-10H2,1-2H3,(H,19,20)(H,21,27);1-3H2. The molecule has 3 aromatic heterocycles. The molecule has 1 aliphatic carbocycles. The number of amides is 2. The lowest BCUT2D eigenvalue weighted by atomic mass is 9.97. The van der Waals surface area contributed by atoms with Gasteiger partial charge in [-0.15, -0.1) is 0 Å². The smallest absolute Gasteiger partial charge is 0.255 e. The van der Waals surface area contributed by atoms with Gasteiger partial charge >= 0.3 is 0 Å². The molecule has 2 fully saturated rings. The molecule has 0 bridgehead atoms. The molecule has 5 rings (SSSR count). The average molecular weight is 425 g/mol. The maximum atomic E-state index is 12.5. The Labute approximate surface area is 179 Å². The van der Waals surface area contributed by atoms with Crippen molar-refractivity contribution in [2.24, 2.45) is 0 Å². The quantitative estimate of drug-likeness (QED) is 0.566. The predicted molar refractivity (Wildman–Crippen MR) is 114 cm³/mol. The van der Waals surface area contributed by atoms with E-state index in [-0.39, 0.29) is 25.5 Å². The van der Waals surface area contributed by atoms with Gasteiger partial charge in [-0.2, -0.15) is 5.10 Å². The van der Waals surface area contributed by atoms with Crippen LogP contribution in [0.3, 0.4) is 0 Å². The molecule has 1 saturated heterocycles. The molecule has 31 heavy (non-hydrogen) atoms. The summed E-state index contributed by atoms with van der Waals surface area (Å²) in [6.45, 7) is 4.81. The minimum absolute atomic E-state index is 0.141. The molecule has 10 nitrogen and oxygen atoms in total. The summed E-state index contributed by atoms with van der Waals surface area (Å²) < 4.78 is 1.78. The van der Waals surface area contributed by atoms with E-state index in [1.807, 2.05) is 13.1 Å². The van der Waals surface area contributed by atoms with E-state index in [1.54, 1.807) is 24.0 Å². The van der Waals surface area contributed by atoms with Gasteiger partial charge in [-0.25, -0.2) is 9.97 Å². The molecule has 164 valence electrons. The highest BCUT2D eigenvalue weighted by Crippen LogP contribution is 2.21. The number of hydrogen-bond acceptors (Lipinski definition) is 6. The normalized spacial score (nSPS) is 16.3. The summed E-state index contributed by atoms with van der Waals surface area (Å²) in [4.78, 5) is 37.9. The number of fused-ring (bicyclic) bond motifs is 1. The van der Waals surface area contributed by atoms with Gasteiger partial charge in [0, 0.05) is 24.5 Å². The van der Waals surface area contributed by atoms with Crippen molar-refractivity contribution >= 4 is 23.0 Å². The molecular formula is C21H27N7O3. The summed E-state index contributed by atoms with van der Waals surface area (Å²) in [6, 6.07) is 0. The van der Waals surface area contributed by atoms with Crippen molar-refractivity contribution in [3.8, 4) is 11.3 Å². The van der Waals surface area contributed by atoms with E-state index in [4.69, 9.17) is 0 Å². The molecule has 0 radical (unpaired) electrons. The highest BCUT2D eigenvalue weighted by molar-refractivity contribution is 6.05. The molecule has 3 aromatic rings. The second-order valence-electron chi connectivity index (χ2n) is 8.23. The zero-order valence-electron chi connectivity index (χ0n) is 17.8. The third kappa shape index (κ3) is 4.91. The van der Waals surface area contributed by atoms with E-state index in [0.29, 0.717) is 22.4 Å². The van der Waals surface area contributed by atoms with Crippen LogP contribution in [-0.2, 0) is 11.3 Å². The van der Waals surface area contributed by atoms with Gasteiger partial charge in [-0.1, -0.05) is 19.3 Å². The number of carbonyl (C=O) groups is 2. The Balaban J connectivity index is 0.000000710. The Morgan fingerprint density at radius 1 is 1.26 bits per heavy atom. The molecule has 1 saturated carbocycles. The number of aromatic nitrogens is 5. The number of likely N-dealkylation sites (tertiary alicyclic amines) is 1. The molecule has 0 unspecified atom stereocenters. The molecule has 2 aliphatic rings. The number of aryl methyl sites for hydroxylation is 1. The van der Waals surface area contributed by atoms with Gasteiger partial charge in [0.05, 0.1) is 48.9 Å². The number of aromatic amines is 1. The summed E-state index contributed by atoms with van der Waals surface area (Å²) in [5.41, 5.74) is 1.81. The van der Waals surface area contributed by atoms with E-state index < -0.39 is 11.5 Å². The number of β-amino-alcohol motifs (C(OH)–C–C–N with tert-alkyl or cyclic N) is 1. The number of nitrogens with zero attached hydrogens (tertiary/aromatic N) is 5. The number of carbonyl (C=O) groups excluding carboxylic acids is 2. The van der Waals surface area contributed by atoms with Crippen LogP contribution in [0.1, 0.15) is 43.5 Å². The summed E-state index contributed by atoms with van der Waals surface area (Å²) in [6.07, 6.45) is 11.2. The van der Waals surface area contributed by atoms with Gasteiger partial charge in [0.2, 0.25) is 5.91 Å². The first-order chi connectivity index (χ1) is 14.9. The first-order valence-corrected chi connectivity index (χ1v) is 10.5. The van der Waals surface area contributed by atoms with Gasteiger partial charge in [0.1, 0.15) is 5.52 Å². The predicted octanol–water partition coefficient (Wildman–Crippen LogP) is 1.33. The van der Waals surface area contributed by atoms with Crippen molar-refractivity contribution in [1.82, 2.24) is 34.9 Å². The molecule has 4 heterocycles. The third-order valence-corrected chi connectivity index (χ3v) is 5.05. The molecule has 0 spiro atoms. The van der Waals surface area contributed by atoms with Crippen molar-refractivity contribution in [3.63, 3.8) is 0 Å². The van der Waals surface area contributed by atoms with Crippen molar-refractivity contribution in [1.29, 1.82) is 0 Å². The van der Waals surface area contributed by atoms with Gasteiger partial charge in [-0.05, 0) is 13.8 Å². The minimum atomic E-state index is -0.839. The van der Waals surface area contributed by atoms with Crippen LogP contribution in [0.25, 0.3) is 22.4 Å². The Hall–Kier alpha value is -3.27. The van der Waals surface area contributed by atoms with E-state index in [9.17, 15) is 14.7 Å². The molecule has 2 amide bonds. The summed E-state index contributed by atoms with van der Waals surface area (Å²) in [5, 5.41) is 16.5. The van der Waals surface area contributed by atoms with Crippen LogP contribution < -0.4 is 5.32 Å². The van der Waals surface area contributed by atoms with Crippen molar-refractivity contribution in [2.45, 2.75) is 45.3 Å². The fourth-order valence-electron chi connectivity index (χ4n) is 3.19. The zero-order valence-corrected chi connectivity index (χ0v) is 17.8. The fourth-order valence-corrected chi connectivity index (χ4v) is 3.19. The van der Waals surface area contributed by atoms with Crippen molar-refractivity contribution in [3.05, 3.63) is 30.4 Å². The van der Waals surface area contributed by atoms with Crippen LogP contribution in [-0.4, -0.2) is 71.8 Å². The lowest BCUT2D eigenvalue weighted by Gasteiger charge is -2.44. The molecule has 0 aromatic carbocycles. The van der Waals surface area contributed by atoms with E-state index in [0.717, 1.165) is 12.1 Å². The van der Waals surface area contributed by atoms with E-state index in [1.165, 1.54) is 30.4 Å². The van der Waals surface area contributed by atoms with Crippen LogP contribution in [0.4, 0.5) is 0 Å². The van der Waals surface area contributed by atoms with Gasteiger partial charge < -0.3 is 20.3 Å². The Kier molecular flexibility index (Phi) is 5.73. The number of hydrogen-bond donors (Lipinski definition) is 3. The Morgan fingerprint density at radius 3 is 2.61 bits per heavy atom. The third-order valence-electron chi connectivity index (χ3n) is 5.05. The highest BCUT2D eigenvalue weighted by Gasteiger charge is 2.39. The van der Waals surface area contributed by atoms with Gasteiger partial charge in [0.25, 0.3) is 5.91 Å². The number of rotatable bonds is 5. The summed E-state index contributed by atoms with van der Waals surface area (Å²) >= 11 is 0. The summed E-state index contributed by atoms with van der Waals surface area (Å²) in [5.74, 6) is -0.652. The lowest BCUT2D eigenvalue weighted by molar-refractivity contribution is -0.151. The average Bonchev–Trinajstić information content (AvgIpc) is 3.44. The van der Waals surface area contributed by atoms with Gasteiger partial charge in [-0.3, -0.25) is 14.3 Å². The SMILES string of the molecule is C1CC1.CCn1cc(-c2cnc3[nH]cc(C(=O)NCC(=O)N4CC(C)(O)C4)c3n2)cn1. The number of aliphatic hydroxyl groups is 1. The first kappa shape index (κ1) is 21.0. The van der Waals surface area contributed by atoms with Crippen LogP contribution in [0.15, 0.2) is 24.8 Å². The van der Waals surface area contributed by atoms with Gasteiger partial charge in [0.15, 0.2) is 5.65 Å². The topological polar surface area (TPSA) is 129 Å². The Bertz CT molecular complexity index is 1090. The zero-order chi connectivity index (χ0) is 22.0. The first-order valence-electron chi connectivity index (χ1n) is 10.5. The second kappa shape index (κ2) is 8.46. The maximum Gasteiger partial charge on any atom is 0.255 e. The molecular weight excluding hydrogens is 398 g/mol. The number of nitrogens with one attached hydrogen (secondary N) is 2. The largest absolute Gasteiger partial charge is 0.386 e. The molecule has 3 N–H and O–H groups in total. The highest BCUT2D eigenvalue weighted by atomic mass is 16.3. The van der Waals surface area contributed by atoms with E-state index in [2.05, 4.69) is 25.4 Å². The van der Waals surface area contributed by atoms with Crippen LogP contribution in [0.5, 0.6) is 0 Å². The van der Waals surface area contributed by atoms with Crippen molar-refractivity contribution < 1.29 is 14.7 Å². The fraction of sp³-hybridized carbons (Fsp3) is 0.476. The molecule has 1 aliphatic heterocycles. The molecule has 0 atom stereocenters. The van der Waals surface area contributed by atoms with Crippen LogP contribution in [0.2, 0.25) is 0 Å².